The van der Waals surface area contributed by atoms with Crippen molar-refractivity contribution in [2.75, 3.05) is 7.05 Å². The molecular weight excluding hydrogens is 256 g/mol. The number of nitrogens with zero attached hydrogens (tertiary/aromatic N) is 1. The Morgan fingerprint density at radius 2 is 2.00 bits per heavy atom. The molecule has 0 saturated heterocycles. The Kier molecular flexibility index (Phi) is 4.35. The maximum atomic E-state index is 12.4. The van der Waals surface area contributed by atoms with Gasteiger partial charge in [0.05, 0.1) is 0 Å². The van der Waals surface area contributed by atoms with Gasteiger partial charge in [0.2, 0.25) is 0 Å². The minimum atomic E-state index is -3.40. The van der Waals surface area contributed by atoms with Crippen LogP contribution in [0.5, 0.6) is 0 Å². The third-order valence-electron chi connectivity index (χ3n) is 3.17. The van der Waals surface area contributed by atoms with Crippen LogP contribution in [0.25, 0.3) is 0 Å². The van der Waals surface area contributed by atoms with Gasteiger partial charge >= 0.3 is 0 Å². The highest BCUT2D eigenvalue weighted by molar-refractivity contribution is 7.91. The van der Waals surface area contributed by atoms with Crippen LogP contribution in [0.1, 0.15) is 32.1 Å². The Morgan fingerprint density at radius 1 is 1.41 bits per heavy atom. The molecule has 0 amide bonds. The molecule has 0 radical (unpaired) electrons. The van der Waals surface area contributed by atoms with Crippen LogP contribution in [-0.2, 0) is 16.6 Å². The Bertz CT molecular complexity index is 477. The number of hydrogen-bond donors (Lipinski definition) is 1. The average molecular weight is 276 g/mol. The molecule has 0 aromatic carbocycles. The first-order valence-corrected chi connectivity index (χ1v) is 7.79. The van der Waals surface area contributed by atoms with Crippen LogP contribution >= 0.6 is 11.3 Å². The predicted octanol–water partition coefficient (Wildman–Crippen LogP) is 2.02. The average Bonchev–Trinajstić information content (AvgIpc) is 2.77. The monoisotopic (exact) mass is 276 g/mol. The molecule has 1 aromatic rings. The quantitative estimate of drug-likeness (QED) is 0.895. The first-order valence-electron chi connectivity index (χ1n) is 5.53. The van der Waals surface area contributed by atoms with E-state index >= 15 is 0 Å². The minimum absolute atomic E-state index is 0.363. The van der Waals surface area contributed by atoms with E-state index < -0.39 is 10.0 Å². The molecule has 0 atom stereocenters. The lowest BCUT2D eigenvalue weighted by molar-refractivity contribution is 0.257. The van der Waals surface area contributed by atoms with Gasteiger partial charge in [0.25, 0.3) is 10.0 Å². The second kappa shape index (κ2) is 5.06. The summed E-state index contributed by atoms with van der Waals surface area (Å²) < 4.78 is 26.5. The zero-order valence-corrected chi connectivity index (χ0v) is 12.4. The molecule has 1 heterocycles. The molecule has 0 saturated carbocycles. The lowest BCUT2D eigenvalue weighted by atomic mass is 10.0. The summed E-state index contributed by atoms with van der Waals surface area (Å²) in [5.74, 6) is 0. The highest BCUT2D eigenvalue weighted by atomic mass is 32.2. The van der Waals surface area contributed by atoms with Crippen molar-refractivity contribution in [1.29, 1.82) is 0 Å². The summed E-state index contributed by atoms with van der Waals surface area (Å²) in [6.45, 7) is 6.19. The molecule has 0 spiro atoms. The minimum Gasteiger partial charge on any atom is -0.326 e. The number of hydrogen-bond acceptors (Lipinski definition) is 4. The molecular formula is C11H20N2O2S2. The normalized spacial score (nSPS) is 13.3. The van der Waals surface area contributed by atoms with Crippen molar-refractivity contribution in [2.45, 2.75) is 43.5 Å². The summed E-state index contributed by atoms with van der Waals surface area (Å²) in [5.41, 5.74) is 5.11. The van der Waals surface area contributed by atoms with Gasteiger partial charge in [-0.05, 0) is 32.4 Å². The summed E-state index contributed by atoms with van der Waals surface area (Å²) >= 11 is 1.24. The van der Waals surface area contributed by atoms with Gasteiger partial charge in [-0.25, -0.2) is 8.42 Å². The van der Waals surface area contributed by atoms with Crippen molar-refractivity contribution in [3.05, 3.63) is 17.0 Å². The Hall–Kier alpha value is -0.430. The lowest BCUT2D eigenvalue weighted by Gasteiger charge is -2.33. The number of thiophene rings is 1. The first-order chi connectivity index (χ1) is 7.75. The maximum Gasteiger partial charge on any atom is 0.252 e. The van der Waals surface area contributed by atoms with Crippen LogP contribution in [0, 0.1) is 0 Å². The van der Waals surface area contributed by atoms with Gasteiger partial charge in [-0.15, -0.1) is 11.3 Å². The van der Waals surface area contributed by atoms with Crippen LogP contribution in [-0.4, -0.2) is 25.3 Å². The molecule has 98 valence electrons. The maximum absolute atomic E-state index is 12.4. The van der Waals surface area contributed by atoms with E-state index in [1.165, 1.54) is 15.6 Å². The SMILES string of the molecule is CCC(C)(C)N(C)S(=O)(=O)c1ccc(CN)s1. The van der Waals surface area contributed by atoms with E-state index in [1.807, 2.05) is 20.8 Å². The van der Waals surface area contributed by atoms with Gasteiger partial charge in [0.15, 0.2) is 0 Å². The molecule has 4 nitrogen and oxygen atoms in total. The zero-order valence-electron chi connectivity index (χ0n) is 10.7. The van der Waals surface area contributed by atoms with Gasteiger partial charge in [0, 0.05) is 24.0 Å². The molecule has 1 rings (SSSR count). The molecule has 0 aliphatic rings. The number of rotatable bonds is 5. The van der Waals surface area contributed by atoms with E-state index in [0.717, 1.165) is 11.3 Å². The van der Waals surface area contributed by atoms with Crippen molar-refractivity contribution in [3.63, 3.8) is 0 Å². The van der Waals surface area contributed by atoms with E-state index in [1.54, 1.807) is 19.2 Å². The lowest BCUT2D eigenvalue weighted by Crippen LogP contribution is -2.44. The van der Waals surface area contributed by atoms with E-state index in [-0.39, 0.29) is 5.54 Å². The van der Waals surface area contributed by atoms with Crippen LogP contribution in [0.15, 0.2) is 16.3 Å². The second-order valence-electron chi connectivity index (χ2n) is 4.56. The van der Waals surface area contributed by atoms with Gasteiger partial charge in [-0.3, -0.25) is 0 Å². The van der Waals surface area contributed by atoms with Crippen molar-refractivity contribution in [1.82, 2.24) is 4.31 Å². The highest BCUT2D eigenvalue weighted by Gasteiger charge is 2.33. The summed E-state index contributed by atoms with van der Waals surface area (Å²) in [6.07, 6.45) is 0.762. The number of nitrogens with two attached hydrogens (primary N) is 1. The fourth-order valence-corrected chi connectivity index (χ4v) is 4.27. The smallest absolute Gasteiger partial charge is 0.252 e. The van der Waals surface area contributed by atoms with Crippen LogP contribution in [0.2, 0.25) is 0 Å². The first kappa shape index (κ1) is 14.6. The standard InChI is InChI=1S/C11H20N2O2S2/c1-5-11(2,3)13(4)17(14,15)10-7-6-9(8-12)16-10/h6-7H,5,8,12H2,1-4H3. The van der Waals surface area contributed by atoms with Gasteiger partial charge in [-0.1, -0.05) is 6.92 Å². The van der Waals surface area contributed by atoms with Gasteiger partial charge in [-0.2, -0.15) is 4.31 Å². The highest BCUT2D eigenvalue weighted by Crippen LogP contribution is 2.29. The largest absolute Gasteiger partial charge is 0.326 e. The van der Waals surface area contributed by atoms with Crippen LogP contribution in [0.4, 0.5) is 0 Å². The van der Waals surface area contributed by atoms with E-state index in [4.69, 9.17) is 5.73 Å². The van der Waals surface area contributed by atoms with Gasteiger partial charge < -0.3 is 5.73 Å². The van der Waals surface area contributed by atoms with Crippen LogP contribution < -0.4 is 5.73 Å². The second-order valence-corrected chi connectivity index (χ2v) is 7.93. The Morgan fingerprint density at radius 3 is 2.41 bits per heavy atom. The summed E-state index contributed by atoms with van der Waals surface area (Å²) in [4.78, 5) is 0.881. The summed E-state index contributed by atoms with van der Waals surface area (Å²) in [5, 5.41) is 0. The van der Waals surface area contributed by atoms with Crippen molar-refractivity contribution in [3.8, 4) is 0 Å². The molecule has 0 aliphatic heterocycles. The van der Waals surface area contributed by atoms with Crippen molar-refractivity contribution >= 4 is 21.4 Å². The fraction of sp³-hybridized carbons (Fsp3) is 0.636. The number of sulfonamides is 1. The molecule has 17 heavy (non-hydrogen) atoms. The zero-order chi connectivity index (χ0) is 13.3. The Labute approximate surface area is 107 Å². The molecule has 0 fully saturated rings. The Balaban J connectivity index is 3.11. The molecule has 2 N–H and O–H groups in total. The molecule has 1 aromatic heterocycles. The molecule has 0 aliphatic carbocycles. The fourth-order valence-electron chi connectivity index (χ4n) is 1.29. The summed E-state index contributed by atoms with van der Waals surface area (Å²) in [6, 6.07) is 3.40. The third kappa shape index (κ3) is 2.88. The van der Waals surface area contributed by atoms with Crippen molar-refractivity contribution < 1.29 is 8.42 Å². The van der Waals surface area contributed by atoms with Gasteiger partial charge in [0.1, 0.15) is 4.21 Å². The third-order valence-corrected chi connectivity index (χ3v) is 6.81. The van der Waals surface area contributed by atoms with Crippen molar-refractivity contribution in [2.24, 2.45) is 5.73 Å². The van der Waals surface area contributed by atoms with Crippen LogP contribution in [0.3, 0.4) is 0 Å². The molecule has 0 bridgehead atoms. The van der Waals surface area contributed by atoms with E-state index in [0.29, 0.717) is 10.8 Å². The predicted molar refractivity (Wildman–Crippen MR) is 71.5 cm³/mol. The molecule has 6 heteroatoms. The summed E-state index contributed by atoms with van der Waals surface area (Å²) in [7, 11) is -1.78. The molecule has 0 unspecified atom stereocenters. The van der Waals surface area contributed by atoms with E-state index in [9.17, 15) is 8.42 Å². The topological polar surface area (TPSA) is 63.4 Å². The van der Waals surface area contributed by atoms with E-state index in [2.05, 4.69) is 0 Å².